The number of hydrogen-bond donors (Lipinski definition) is 3. The number of benzene rings is 2. The Morgan fingerprint density at radius 3 is 2.43 bits per heavy atom. The van der Waals surface area contributed by atoms with Crippen molar-refractivity contribution in [1.29, 1.82) is 0 Å². The van der Waals surface area contributed by atoms with E-state index in [1.165, 1.54) is 6.20 Å². The molecule has 3 rings (SSSR count). The first kappa shape index (κ1) is 23.0. The molecule has 6 N–H and O–H groups in total. The van der Waals surface area contributed by atoms with Crippen molar-refractivity contribution in [3.63, 3.8) is 0 Å². The van der Waals surface area contributed by atoms with Crippen LogP contribution in [-0.4, -0.2) is 36.1 Å². The molecule has 0 fully saturated rings. The second-order valence-electron chi connectivity index (χ2n) is 6.72. The maximum atomic E-state index is 11.5. The Morgan fingerprint density at radius 1 is 1.03 bits per heavy atom. The van der Waals surface area contributed by atoms with Crippen LogP contribution in [0.1, 0.15) is 28.8 Å². The quantitative estimate of drug-likeness (QED) is 0.489. The van der Waals surface area contributed by atoms with Crippen LogP contribution in [0.25, 0.3) is 10.9 Å². The van der Waals surface area contributed by atoms with Gasteiger partial charge in [-0.3, -0.25) is 14.6 Å². The summed E-state index contributed by atoms with van der Waals surface area (Å²) in [5, 5.41) is 0.929. The standard InChI is InChI=1S/C13H20N2O2.C10H8N2O/c14-9-4-7-12(15)13(16)17-10-8-11-5-2-1-3-6-11;11-10(13)8-5-7-3-1-2-4-9(7)12-6-8/h1-3,5-6,12H,4,7-10,14-15H2;1-6H,(H2,11,13)/t12-;/m0./s1. The van der Waals surface area contributed by atoms with Crippen LogP contribution in [0, 0.1) is 0 Å². The van der Waals surface area contributed by atoms with Gasteiger partial charge in [-0.1, -0.05) is 48.5 Å². The average Bonchev–Trinajstić information content (AvgIpc) is 2.78. The lowest BCUT2D eigenvalue weighted by atomic mass is 10.1. The van der Waals surface area contributed by atoms with E-state index in [0.29, 0.717) is 25.1 Å². The van der Waals surface area contributed by atoms with Crippen LogP contribution in [0.3, 0.4) is 0 Å². The third-order valence-corrected chi connectivity index (χ3v) is 4.37. The lowest BCUT2D eigenvalue weighted by Gasteiger charge is -2.10. The van der Waals surface area contributed by atoms with Crippen molar-refractivity contribution in [3.8, 4) is 0 Å². The molecule has 1 heterocycles. The summed E-state index contributed by atoms with van der Waals surface area (Å²) in [4.78, 5) is 26.4. The van der Waals surface area contributed by atoms with Crippen LogP contribution in [0.5, 0.6) is 0 Å². The Balaban J connectivity index is 0.000000220. The molecule has 1 amide bonds. The highest BCUT2D eigenvalue weighted by Gasteiger charge is 2.13. The molecule has 7 nitrogen and oxygen atoms in total. The summed E-state index contributed by atoms with van der Waals surface area (Å²) in [5.74, 6) is -0.785. The highest BCUT2D eigenvalue weighted by molar-refractivity contribution is 5.96. The van der Waals surface area contributed by atoms with Crippen molar-refractivity contribution in [1.82, 2.24) is 4.98 Å². The molecular weight excluding hydrogens is 380 g/mol. The van der Waals surface area contributed by atoms with Crippen LogP contribution in [-0.2, 0) is 16.0 Å². The van der Waals surface area contributed by atoms with E-state index < -0.39 is 11.9 Å². The van der Waals surface area contributed by atoms with Gasteiger partial charge in [0.1, 0.15) is 6.04 Å². The molecule has 0 radical (unpaired) electrons. The molecule has 0 bridgehead atoms. The van der Waals surface area contributed by atoms with Gasteiger partial charge in [-0.15, -0.1) is 0 Å². The molecule has 3 aromatic rings. The first-order valence-corrected chi connectivity index (χ1v) is 9.82. The number of nitrogens with zero attached hydrogens (tertiary/aromatic N) is 1. The fraction of sp³-hybridized carbons (Fsp3) is 0.261. The van der Waals surface area contributed by atoms with Crippen LogP contribution in [0.2, 0.25) is 0 Å². The Kier molecular flexibility index (Phi) is 9.44. The zero-order chi connectivity index (χ0) is 21.8. The second-order valence-corrected chi connectivity index (χ2v) is 6.72. The first-order chi connectivity index (χ1) is 14.5. The van der Waals surface area contributed by atoms with Gasteiger partial charge in [0, 0.05) is 18.0 Å². The highest BCUT2D eigenvalue weighted by Crippen LogP contribution is 2.11. The molecule has 2 aromatic carbocycles. The smallest absolute Gasteiger partial charge is 0.322 e. The van der Waals surface area contributed by atoms with E-state index in [4.69, 9.17) is 21.9 Å². The predicted molar refractivity (Wildman–Crippen MR) is 118 cm³/mol. The summed E-state index contributed by atoms with van der Waals surface area (Å²) in [6.45, 7) is 0.921. The Labute approximate surface area is 176 Å². The molecule has 0 aliphatic heterocycles. The van der Waals surface area contributed by atoms with Gasteiger partial charge in [-0.05, 0) is 37.1 Å². The van der Waals surface area contributed by atoms with E-state index in [2.05, 4.69) is 4.98 Å². The van der Waals surface area contributed by atoms with E-state index in [1.807, 2.05) is 54.6 Å². The van der Waals surface area contributed by atoms with Crippen LogP contribution in [0.15, 0.2) is 66.9 Å². The van der Waals surface area contributed by atoms with Crippen molar-refractivity contribution in [3.05, 3.63) is 78.0 Å². The number of aromatic nitrogens is 1. The Bertz CT molecular complexity index is 947. The van der Waals surface area contributed by atoms with Crippen molar-refractivity contribution < 1.29 is 14.3 Å². The monoisotopic (exact) mass is 408 g/mol. The SMILES string of the molecule is NC(=O)c1cnc2ccccc2c1.NCCC[C@H](N)C(=O)OCCc1ccccc1. The fourth-order valence-electron chi connectivity index (χ4n) is 2.68. The maximum absolute atomic E-state index is 11.5. The third-order valence-electron chi connectivity index (χ3n) is 4.37. The Morgan fingerprint density at radius 2 is 1.73 bits per heavy atom. The fourth-order valence-corrected chi connectivity index (χ4v) is 2.68. The number of para-hydroxylation sites is 1. The van der Waals surface area contributed by atoms with Gasteiger partial charge in [0.15, 0.2) is 0 Å². The van der Waals surface area contributed by atoms with Gasteiger partial charge in [-0.2, -0.15) is 0 Å². The van der Waals surface area contributed by atoms with E-state index in [1.54, 1.807) is 6.07 Å². The molecule has 1 aromatic heterocycles. The lowest BCUT2D eigenvalue weighted by Crippen LogP contribution is -2.33. The number of fused-ring (bicyclic) bond motifs is 1. The van der Waals surface area contributed by atoms with Crippen molar-refractivity contribution >= 4 is 22.8 Å². The first-order valence-electron chi connectivity index (χ1n) is 9.82. The van der Waals surface area contributed by atoms with E-state index >= 15 is 0 Å². The zero-order valence-corrected chi connectivity index (χ0v) is 16.9. The molecule has 30 heavy (non-hydrogen) atoms. The number of esters is 1. The number of carbonyl (C=O) groups is 2. The summed E-state index contributed by atoms with van der Waals surface area (Å²) in [7, 11) is 0. The van der Waals surface area contributed by atoms with Gasteiger partial charge in [0.25, 0.3) is 0 Å². The highest BCUT2D eigenvalue weighted by atomic mass is 16.5. The molecule has 0 saturated heterocycles. The summed E-state index contributed by atoms with van der Waals surface area (Å²) < 4.78 is 5.10. The molecule has 0 saturated carbocycles. The normalized spacial score (nSPS) is 11.3. The molecule has 0 aliphatic carbocycles. The van der Waals surface area contributed by atoms with Gasteiger partial charge in [-0.25, -0.2) is 0 Å². The maximum Gasteiger partial charge on any atom is 0.322 e. The number of ether oxygens (including phenoxy) is 1. The molecule has 0 spiro atoms. The summed E-state index contributed by atoms with van der Waals surface area (Å²) in [6, 6.07) is 18.7. The minimum atomic E-state index is -0.547. The second kappa shape index (κ2) is 12.3. The lowest BCUT2D eigenvalue weighted by molar-refractivity contribution is -0.145. The molecule has 158 valence electrons. The zero-order valence-electron chi connectivity index (χ0n) is 16.9. The summed E-state index contributed by atoms with van der Waals surface area (Å²) in [5.41, 5.74) is 18.6. The predicted octanol–water partition coefficient (Wildman–Crippen LogP) is 2.17. The average molecular weight is 409 g/mol. The number of hydrogen-bond acceptors (Lipinski definition) is 6. The van der Waals surface area contributed by atoms with E-state index in [-0.39, 0.29) is 5.97 Å². The number of pyridine rings is 1. The van der Waals surface area contributed by atoms with Crippen LogP contribution < -0.4 is 17.2 Å². The van der Waals surface area contributed by atoms with Crippen LogP contribution in [0.4, 0.5) is 0 Å². The molecule has 7 heteroatoms. The Hall–Kier alpha value is -3.29. The van der Waals surface area contributed by atoms with Crippen molar-refractivity contribution in [2.45, 2.75) is 25.3 Å². The number of nitrogens with two attached hydrogens (primary N) is 3. The topological polar surface area (TPSA) is 134 Å². The third kappa shape index (κ3) is 7.62. The summed E-state index contributed by atoms with van der Waals surface area (Å²) >= 11 is 0. The number of primary amides is 1. The number of carbonyl (C=O) groups excluding carboxylic acids is 2. The van der Waals surface area contributed by atoms with Gasteiger partial charge in [0.2, 0.25) is 5.91 Å². The summed E-state index contributed by atoms with van der Waals surface area (Å²) in [6.07, 6.45) is 3.54. The van der Waals surface area contributed by atoms with Crippen LogP contribution >= 0.6 is 0 Å². The van der Waals surface area contributed by atoms with Gasteiger partial charge >= 0.3 is 5.97 Å². The van der Waals surface area contributed by atoms with Gasteiger partial charge < -0.3 is 21.9 Å². The van der Waals surface area contributed by atoms with Gasteiger partial charge in [0.05, 0.1) is 17.7 Å². The van der Waals surface area contributed by atoms with Crippen molar-refractivity contribution in [2.75, 3.05) is 13.2 Å². The molecule has 0 unspecified atom stereocenters. The molecule has 1 atom stereocenters. The van der Waals surface area contributed by atoms with E-state index in [9.17, 15) is 9.59 Å². The minimum absolute atomic E-state index is 0.339. The van der Waals surface area contributed by atoms with Crippen molar-refractivity contribution in [2.24, 2.45) is 17.2 Å². The number of rotatable bonds is 8. The van der Waals surface area contributed by atoms with E-state index in [0.717, 1.165) is 29.3 Å². The molecular formula is C23H28N4O3. The molecule has 0 aliphatic rings. The number of amides is 1. The minimum Gasteiger partial charge on any atom is -0.464 e. The largest absolute Gasteiger partial charge is 0.464 e.